The molecule has 2 nitrogen and oxygen atoms in total. The minimum atomic E-state index is 0.207. The number of hydrogen-bond donors (Lipinski definition) is 0. The molecule has 1 atom stereocenters. The second kappa shape index (κ2) is 6.44. The molecule has 1 unspecified atom stereocenters. The number of carbonyl (C=O) groups is 1. The summed E-state index contributed by atoms with van der Waals surface area (Å²) < 4.78 is 4.90. The van der Waals surface area contributed by atoms with Gasteiger partial charge in [-0.05, 0) is 18.4 Å². The Morgan fingerprint density at radius 1 is 1.40 bits per heavy atom. The van der Waals surface area contributed by atoms with Crippen molar-refractivity contribution in [3.05, 3.63) is 24.2 Å². The molecule has 1 aromatic rings. The minimum absolute atomic E-state index is 0.207. The van der Waals surface area contributed by atoms with E-state index in [1.54, 1.807) is 12.3 Å². The van der Waals surface area contributed by atoms with E-state index in [9.17, 15) is 4.79 Å². The van der Waals surface area contributed by atoms with Gasteiger partial charge in [0.25, 0.3) is 0 Å². The average molecular weight is 208 g/mol. The Morgan fingerprint density at radius 3 is 2.73 bits per heavy atom. The molecule has 15 heavy (non-hydrogen) atoms. The number of carbonyl (C=O) groups excluding carboxylic acids is 1. The first kappa shape index (κ1) is 12.0. The van der Waals surface area contributed by atoms with Gasteiger partial charge in [0.2, 0.25) is 0 Å². The molecule has 0 saturated heterocycles. The fraction of sp³-hybridized carbons (Fsp3) is 0.615. The quantitative estimate of drug-likeness (QED) is 0.632. The first-order chi connectivity index (χ1) is 7.27. The summed E-state index contributed by atoms with van der Waals surface area (Å²) in [6.45, 7) is 4.39. The van der Waals surface area contributed by atoms with Gasteiger partial charge in [-0.25, -0.2) is 0 Å². The summed E-state index contributed by atoms with van der Waals surface area (Å²) in [5.41, 5.74) is 0.710. The zero-order chi connectivity index (χ0) is 11.1. The van der Waals surface area contributed by atoms with Gasteiger partial charge in [-0.15, -0.1) is 0 Å². The minimum Gasteiger partial charge on any atom is -0.472 e. The zero-order valence-electron chi connectivity index (χ0n) is 9.66. The van der Waals surface area contributed by atoms with Gasteiger partial charge in [-0.3, -0.25) is 4.79 Å². The van der Waals surface area contributed by atoms with E-state index >= 15 is 0 Å². The molecule has 0 N–H and O–H groups in total. The van der Waals surface area contributed by atoms with Crippen LogP contribution < -0.4 is 0 Å². The third-order valence-corrected chi connectivity index (χ3v) is 2.90. The first-order valence-electron chi connectivity index (χ1n) is 5.83. The van der Waals surface area contributed by atoms with Crippen LogP contribution in [0.3, 0.4) is 0 Å². The van der Waals surface area contributed by atoms with Gasteiger partial charge < -0.3 is 4.42 Å². The van der Waals surface area contributed by atoms with Gasteiger partial charge in [-0.2, -0.15) is 0 Å². The highest BCUT2D eigenvalue weighted by atomic mass is 16.3. The Kier molecular flexibility index (Phi) is 5.16. The van der Waals surface area contributed by atoms with Crippen LogP contribution in [0.1, 0.15) is 56.3 Å². The van der Waals surface area contributed by atoms with E-state index in [4.69, 9.17) is 4.42 Å². The largest absolute Gasteiger partial charge is 0.472 e. The molecule has 0 amide bonds. The fourth-order valence-corrected chi connectivity index (χ4v) is 1.86. The lowest BCUT2D eigenvalue weighted by molar-refractivity contribution is 0.0972. The summed E-state index contributed by atoms with van der Waals surface area (Å²) >= 11 is 0. The van der Waals surface area contributed by atoms with E-state index < -0.39 is 0 Å². The van der Waals surface area contributed by atoms with Crippen LogP contribution in [0.4, 0.5) is 0 Å². The van der Waals surface area contributed by atoms with E-state index in [-0.39, 0.29) is 5.78 Å². The highest BCUT2D eigenvalue weighted by Crippen LogP contribution is 2.18. The van der Waals surface area contributed by atoms with Crippen molar-refractivity contribution in [2.24, 2.45) is 5.92 Å². The molecule has 0 aliphatic rings. The molecule has 0 fully saturated rings. The van der Waals surface area contributed by atoms with Crippen LogP contribution in [0.5, 0.6) is 0 Å². The monoisotopic (exact) mass is 208 g/mol. The van der Waals surface area contributed by atoms with Crippen molar-refractivity contribution in [3.63, 3.8) is 0 Å². The Hall–Kier alpha value is -1.05. The molecular formula is C13H20O2. The number of hydrogen-bond acceptors (Lipinski definition) is 2. The van der Waals surface area contributed by atoms with Gasteiger partial charge in [0.05, 0.1) is 11.8 Å². The highest BCUT2D eigenvalue weighted by Gasteiger charge is 2.11. The third-order valence-electron chi connectivity index (χ3n) is 2.90. The van der Waals surface area contributed by atoms with Gasteiger partial charge >= 0.3 is 0 Å². The molecular weight excluding hydrogens is 188 g/mol. The van der Waals surface area contributed by atoms with Crippen LogP contribution >= 0.6 is 0 Å². The topological polar surface area (TPSA) is 30.2 Å². The normalized spacial score (nSPS) is 12.7. The summed E-state index contributed by atoms with van der Waals surface area (Å²) in [4.78, 5) is 11.7. The second-order valence-corrected chi connectivity index (χ2v) is 4.04. The second-order valence-electron chi connectivity index (χ2n) is 4.04. The predicted molar refractivity (Wildman–Crippen MR) is 61.0 cm³/mol. The van der Waals surface area contributed by atoms with Crippen molar-refractivity contribution in [2.75, 3.05) is 0 Å². The van der Waals surface area contributed by atoms with Gasteiger partial charge in [-0.1, -0.05) is 33.1 Å². The van der Waals surface area contributed by atoms with Crippen molar-refractivity contribution < 1.29 is 9.21 Å². The number of ketones is 1. The third kappa shape index (κ3) is 3.90. The standard InChI is InChI=1S/C13H20O2/c1-3-5-11(4-2)6-7-13(14)12-8-9-15-10-12/h8-11H,3-7H2,1-2H3. The van der Waals surface area contributed by atoms with Crippen molar-refractivity contribution in [2.45, 2.75) is 46.0 Å². The Morgan fingerprint density at radius 2 is 2.20 bits per heavy atom. The van der Waals surface area contributed by atoms with Crippen LogP contribution in [0, 0.1) is 5.92 Å². The van der Waals surface area contributed by atoms with Crippen LogP contribution in [0.2, 0.25) is 0 Å². The SMILES string of the molecule is CCCC(CC)CCC(=O)c1ccoc1. The summed E-state index contributed by atoms with van der Waals surface area (Å²) in [5, 5.41) is 0. The van der Waals surface area contributed by atoms with Crippen molar-refractivity contribution in [3.8, 4) is 0 Å². The number of Topliss-reactive ketones (excluding diaryl/α,β-unsaturated/α-hetero) is 1. The molecule has 1 heterocycles. The number of furan rings is 1. The molecule has 0 saturated carbocycles. The molecule has 0 bridgehead atoms. The maximum Gasteiger partial charge on any atom is 0.166 e. The van der Waals surface area contributed by atoms with Crippen molar-refractivity contribution in [1.29, 1.82) is 0 Å². The summed E-state index contributed by atoms with van der Waals surface area (Å²) in [6.07, 6.45) is 8.35. The van der Waals surface area contributed by atoms with Gasteiger partial charge in [0.15, 0.2) is 5.78 Å². The van der Waals surface area contributed by atoms with Crippen LogP contribution in [0.15, 0.2) is 23.0 Å². The van der Waals surface area contributed by atoms with E-state index in [1.165, 1.54) is 25.5 Å². The molecule has 0 radical (unpaired) electrons. The van der Waals surface area contributed by atoms with Gasteiger partial charge in [0, 0.05) is 6.42 Å². The molecule has 1 aromatic heterocycles. The summed E-state index contributed by atoms with van der Waals surface area (Å²) in [6, 6.07) is 1.74. The molecule has 0 aliphatic heterocycles. The van der Waals surface area contributed by atoms with E-state index in [2.05, 4.69) is 13.8 Å². The Balaban J connectivity index is 2.33. The van der Waals surface area contributed by atoms with Crippen LogP contribution in [0.25, 0.3) is 0 Å². The van der Waals surface area contributed by atoms with E-state index in [0.29, 0.717) is 17.9 Å². The van der Waals surface area contributed by atoms with Crippen LogP contribution in [-0.4, -0.2) is 5.78 Å². The molecule has 2 heteroatoms. The zero-order valence-corrected chi connectivity index (χ0v) is 9.66. The maximum atomic E-state index is 11.7. The molecule has 0 aliphatic carbocycles. The Bertz CT molecular complexity index is 275. The molecule has 0 spiro atoms. The first-order valence-corrected chi connectivity index (χ1v) is 5.83. The molecule has 84 valence electrons. The lowest BCUT2D eigenvalue weighted by atomic mass is 9.93. The average Bonchev–Trinajstić information content (AvgIpc) is 2.77. The lowest BCUT2D eigenvalue weighted by Crippen LogP contribution is -2.04. The Labute approximate surface area is 91.7 Å². The predicted octanol–water partition coefficient (Wildman–Crippen LogP) is 4.07. The van der Waals surface area contributed by atoms with Crippen LogP contribution in [-0.2, 0) is 0 Å². The molecule has 1 rings (SSSR count). The fourth-order valence-electron chi connectivity index (χ4n) is 1.86. The molecule has 0 aromatic carbocycles. The summed E-state index contributed by atoms with van der Waals surface area (Å²) in [7, 11) is 0. The van der Waals surface area contributed by atoms with Gasteiger partial charge in [0.1, 0.15) is 6.26 Å². The van der Waals surface area contributed by atoms with Crippen molar-refractivity contribution in [1.82, 2.24) is 0 Å². The van der Waals surface area contributed by atoms with E-state index in [1.807, 2.05) is 0 Å². The smallest absolute Gasteiger partial charge is 0.166 e. The highest BCUT2D eigenvalue weighted by molar-refractivity contribution is 5.95. The number of rotatable bonds is 7. The van der Waals surface area contributed by atoms with E-state index in [0.717, 1.165) is 6.42 Å². The van der Waals surface area contributed by atoms with Crippen molar-refractivity contribution >= 4 is 5.78 Å². The maximum absolute atomic E-state index is 11.7. The lowest BCUT2D eigenvalue weighted by Gasteiger charge is -2.12. The summed E-state index contributed by atoms with van der Waals surface area (Å²) in [5.74, 6) is 0.907.